The van der Waals surface area contributed by atoms with Crippen LogP contribution in [0, 0.1) is 6.92 Å². The highest BCUT2D eigenvalue weighted by atomic mass is 32.1. The fraction of sp³-hybridized carbons (Fsp3) is 0.385. The van der Waals surface area contributed by atoms with Crippen molar-refractivity contribution in [3.05, 3.63) is 33.6 Å². The number of nitrogens with one attached hydrogen (secondary N) is 2. The monoisotopic (exact) mass is 311 g/mol. The molecule has 2 atom stereocenters. The third-order valence-corrected chi connectivity index (χ3v) is 5.10. The zero-order valence-corrected chi connectivity index (χ0v) is 12.5. The molecule has 0 spiro atoms. The van der Waals surface area contributed by atoms with Gasteiger partial charge in [-0.25, -0.2) is 4.39 Å². The highest BCUT2D eigenvalue weighted by Gasteiger charge is 2.27. The lowest BCUT2D eigenvalue weighted by Gasteiger charge is -2.05. The summed E-state index contributed by atoms with van der Waals surface area (Å²) >= 11 is 2.80. The van der Waals surface area contributed by atoms with Crippen LogP contribution in [0.25, 0.3) is 0 Å². The van der Waals surface area contributed by atoms with Gasteiger partial charge >= 0.3 is 0 Å². The second-order valence-electron chi connectivity index (χ2n) is 4.74. The van der Waals surface area contributed by atoms with Crippen LogP contribution in [0.15, 0.2) is 18.3 Å². The number of hydrogen-bond acceptors (Lipinski definition) is 5. The molecule has 3 heterocycles. The normalized spacial score (nSPS) is 22.1. The molecule has 2 aromatic rings. The molecule has 7 heteroatoms. The Kier molecular flexibility index (Phi) is 3.82. The van der Waals surface area contributed by atoms with Crippen LogP contribution in [0.2, 0.25) is 0 Å². The van der Waals surface area contributed by atoms with E-state index in [9.17, 15) is 9.18 Å². The standard InChI is InChI=1S/C13H14FN3OS2/c1-7-9(13(18)17-12-2-3-16-20-12)5-11(19-7)10-4-8(14)6-15-10/h2-3,5,8,10,15H,4,6H2,1H3,(H,17,18)/t8-,10+/m1/s1. The molecule has 0 bridgehead atoms. The summed E-state index contributed by atoms with van der Waals surface area (Å²) in [6, 6.07) is 3.65. The first-order valence-electron chi connectivity index (χ1n) is 6.33. The van der Waals surface area contributed by atoms with Gasteiger partial charge in [0.25, 0.3) is 5.91 Å². The summed E-state index contributed by atoms with van der Waals surface area (Å²) in [5, 5.41) is 6.69. The molecule has 0 aliphatic carbocycles. The zero-order valence-electron chi connectivity index (χ0n) is 10.9. The molecule has 1 amide bonds. The summed E-state index contributed by atoms with van der Waals surface area (Å²) in [7, 11) is 0. The van der Waals surface area contributed by atoms with Gasteiger partial charge in [-0.1, -0.05) is 0 Å². The number of anilines is 1. The van der Waals surface area contributed by atoms with Gasteiger partial charge in [0.15, 0.2) is 0 Å². The van der Waals surface area contributed by atoms with Crippen molar-refractivity contribution in [3.63, 3.8) is 0 Å². The predicted octanol–water partition coefficient (Wildman–Crippen LogP) is 3.14. The van der Waals surface area contributed by atoms with Crippen LogP contribution in [0.1, 0.15) is 32.6 Å². The molecule has 1 aliphatic heterocycles. The number of hydrogen-bond donors (Lipinski definition) is 2. The highest BCUT2D eigenvalue weighted by molar-refractivity contribution is 7.12. The Hall–Kier alpha value is -1.31. The molecule has 0 saturated carbocycles. The van der Waals surface area contributed by atoms with Gasteiger partial charge in [0.1, 0.15) is 11.2 Å². The van der Waals surface area contributed by atoms with E-state index in [1.54, 1.807) is 23.6 Å². The molecule has 2 aromatic heterocycles. The van der Waals surface area contributed by atoms with Crippen LogP contribution < -0.4 is 10.6 Å². The maximum absolute atomic E-state index is 13.2. The minimum Gasteiger partial charge on any atom is -0.312 e. The van der Waals surface area contributed by atoms with E-state index < -0.39 is 6.17 Å². The van der Waals surface area contributed by atoms with Gasteiger partial charge in [0.2, 0.25) is 0 Å². The molecule has 2 N–H and O–H groups in total. The quantitative estimate of drug-likeness (QED) is 0.915. The lowest BCUT2D eigenvalue weighted by Crippen LogP contribution is -2.13. The van der Waals surface area contributed by atoms with Crippen molar-refractivity contribution < 1.29 is 9.18 Å². The number of nitrogens with zero attached hydrogens (tertiary/aromatic N) is 1. The maximum Gasteiger partial charge on any atom is 0.257 e. The molecule has 20 heavy (non-hydrogen) atoms. The van der Waals surface area contributed by atoms with E-state index in [4.69, 9.17) is 0 Å². The topological polar surface area (TPSA) is 54.0 Å². The summed E-state index contributed by atoms with van der Waals surface area (Å²) in [6.45, 7) is 2.31. The maximum atomic E-state index is 13.2. The fourth-order valence-corrected chi connectivity index (χ4v) is 3.88. The largest absolute Gasteiger partial charge is 0.312 e. The Labute approximate surface area is 124 Å². The first kappa shape index (κ1) is 13.7. The van der Waals surface area contributed by atoms with E-state index in [0.29, 0.717) is 18.5 Å². The third-order valence-electron chi connectivity index (χ3n) is 3.28. The number of aromatic nitrogens is 1. The Morgan fingerprint density at radius 3 is 3.10 bits per heavy atom. The molecular formula is C13H14FN3OS2. The van der Waals surface area contributed by atoms with Crippen molar-refractivity contribution in [3.8, 4) is 0 Å². The van der Waals surface area contributed by atoms with Gasteiger partial charge in [-0.3, -0.25) is 4.79 Å². The highest BCUT2D eigenvalue weighted by Crippen LogP contribution is 2.33. The smallest absolute Gasteiger partial charge is 0.257 e. The van der Waals surface area contributed by atoms with Crippen molar-refractivity contribution >= 4 is 33.8 Å². The van der Waals surface area contributed by atoms with Crippen LogP contribution in [0.3, 0.4) is 0 Å². The average Bonchev–Trinajstić information content (AvgIpc) is 3.10. The Morgan fingerprint density at radius 1 is 1.60 bits per heavy atom. The van der Waals surface area contributed by atoms with Gasteiger partial charge < -0.3 is 10.6 Å². The summed E-state index contributed by atoms with van der Waals surface area (Å²) in [6.07, 6.45) is 1.34. The van der Waals surface area contributed by atoms with Crippen LogP contribution in [-0.2, 0) is 0 Å². The van der Waals surface area contributed by atoms with Crippen molar-refractivity contribution in [1.29, 1.82) is 0 Å². The first-order valence-corrected chi connectivity index (χ1v) is 7.92. The number of rotatable bonds is 3. The minimum absolute atomic E-state index is 0.0265. The Bertz CT molecular complexity index is 611. The third kappa shape index (κ3) is 2.74. The number of thiophene rings is 1. The second kappa shape index (κ2) is 5.59. The lowest BCUT2D eigenvalue weighted by molar-refractivity contribution is 0.102. The van der Waals surface area contributed by atoms with E-state index in [1.807, 2.05) is 13.0 Å². The van der Waals surface area contributed by atoms with E-state index in [0.717, 1.165) is 14.8 Å². The van der Waals surface area contributed by atoms with Crippen molar-refractivity contribution in [2.75, 3.05) is 11.9 Å². The van der Waals surface area contributed by atoms with Gasteiger partial charge in [0, 0.05) is 35.0 Å². The van der Waals surface area contributed by atoms with Gasteiger partial charge in [-0.05, 0) is 30.6 Å². The molecule has 0 unspecified atom stereocenters. The SMILES string of the molecule is Cc1sc([C@@H]2C[C@@H](F)CN2)cc1C(=O)Nc1ccns1. The molecular weight excluding hydrogens is 297 g/mol. The van der Waals surface area contributed by atoms with E-state index >= 15 is 0 Å². The van der Waals surface area contributed by atoms with Gasteiger partial charge in [0.05, 0.1) is 5.56 Å². The molecule has 1 saturated heterocycles. The molecule has 1 fully saturated rings. The van der Waals surface area contributed by atoms with Crippen molar-refractivity contribution in [2.24, 2.45) is 0 Å². The van der Waals surface area contributed by atoms with Crippen LogP contribution in [0.4, 0.5) is 9.39 Å². The number of carbonyl (C=O) groups is 1. The molecule has 106 valence electrons. The minimum atomic E-state index is -0.795. The van der Waals surface area contributed by atoms with Crippen LogP contribution in [-0.4, -0.2) is 23.0 Å². The second-order valence-corrected chi connectivity index (χ2v) is 6.86. The number of carbonyl (C=O) groups excluding carboxylic acids is 1. The number of amides is 1. The summed E-state index contributed by atoms with van der Waals surface area (Å²) in [5.41, 5.74) is 0.655. The zero-order chi connectivity index (χ0) is 14.1. The Balaban J connectivity index is 1.76. The summed E-state index contributed by atoms with van der Waals surface area (Å²) in [4.78, 5) is 14.2. The van der Waals surface area contributed by atoms with Crippen LogP contribution >= 0.6 is 22.9 Å². The number of halogens is 1. The molecule has 1 aliphatic rings. The van der Waals surface area contributed by atoms with E-state index in [1.165, 1.54) is 11.5 Å². The van der Waals surface area contributed by atoms with Gasteiger partial charge in [-0.15, -0.1) is 11.3 Å². The fourth-order valence-electron chi connectivity index (χ4n) is 2.27. The predicted molar refractivity (Wildman–Crippen MR) is 79.4 cm³/mol. The summed E-state index contributed by atoms with van der Waals surface area (Å²) < 4.78 is 17.2. The lowest BCUT2D eigenvalue weighted by atomic mass is 10.1. The number of alkyl halides is 1. The molecule has 0 radical (unpaired) electrons. The van der Waals surface area contributed by atoms with Gasteiger partial charge in [-0.2, -0.15) is 4.37 Å². The van der Waals surface area contributed by atoms with Crippen LogP contribution in [0.5, 0.6) is 0 Å². The molecule has 0 aromatic carbocycles. The van der Waals surface area contributed by atoms with Crippen molar-refractivity contribution in [2.45, 2.75) is 25.6 Å². The van der Waals surface area contributed by atoms with E-state index in [-0.39, 0.29) is 11.9 Å². The van der Waals surface area contributed by atoms with E-state index in [2.05, 4.69) is 15.0 Å². The molecule has 3 rings (SSSR count). The first-order chi connectivity index (χ1) is 9.63. The average molecular weight is 311 g/mol. The number of aryl methyl sites for hydroxylation is 1. The molecule has 4 nitrogen and oxygen atoms in total. The van der Waals surface area contributed by atoms with Crippen molar-refractivity contribution in [1.82, 2.24) is 9.69 Å². The summed E-state index contributed by atoms with van der Waals surface area (Å²) in [5.74, 6) is -0.135. The Morgan fingerprint density at radius 2 is 2.45 bits per heavy atom.